The summed E-state index contributed by atoms with van der Waals surface area (Å²) in [6, 6.07) is 7.12. The fourth-order valence-corrected chi connectivity index (χ4v) is 1.50. The standard InChI is InChI=1S/C16H15N3O2/c1-13-6-7-15(12-19-13)21-10-3-2-9-18-16(20)14-5-4-8-17-11-14/h4-8,11-12H,9-10H2,1H3,(H,18,20). The maximum Gasteiger partial charge on any atom is 0.253 e. The molecular weight excluding hydrogens is 266 g/mol. The van der Waals surface area contributed by atoms with E-state index in [1.807, 2.05) is 19.1 Å². The van der Waals surface area contributed by atoms with Crippen LogP contribution in [0.3, 0.4) is 0 Å². The van der Waals surface area contributed by atoms with Gasteiger partial charge in [0.25, 0.3) is 5.91 Å². The highest BCUT2D eigenvalue weighted by molar-refractivity contribution is 5.93. The summed E-state index contributed by atoms with van der Waals surface area (Å²) in [5.74, 6) is 6.13. The van der Waals surface area contributed by atoms with Crippen LogP contribution in [0.1, 0.15) is 16.1 Å². The van der Waals surface area contributed by atoms with Crippen molar-refractivity contribution < 1.29 is 9.53 Å². The Kier molecular flexibility index (Phi) is 5.30. The molecule has 2 aromatic heterocycles. The van der Waals surface area contributed by atoms with E-state index in [1.54, 1.807) is 24.5 Å². The van der Waals surface area contributed by atoms with E-state index < -0.39 is 0 Å². The molecule has 0 aliphatic heterocycles. The van der Waals surface area contributed by atoms with Gasteiger partial charge in [-0.25, -0.2) is 0 Å². The molecule has 106 valence electrons. The van der Waals surface area contributed by atoms with Gasteiger partial charge in [0.05, 0.1) is 18.3 Å². The molecule has 0 saturated heterocycles. The van der Waals surface area contributed by atoms with Gasteiger partial charge in [0.2, 0.25) is 0 Å². The van der Waals surface area contributed by atoms with Crippen LogP contribution < -0.4 is 10.1 Å². The molecule has 0 atom stereocenters. The first-order chi connectivity index (χ1) is 10.3. The van der Waals surface area contributed by atoms with Crippen LogP contribution in [0.4, 0.5) is 0 Å². The van der Waals surface area contributed by atoms with E-state index in [4.69, 9.17) is 4.74 Å². The Morgan fingerprint density at radius 1 is 1.29 bits per heavy atom. The minimum absolute atomic E-state index is 0.193. The van der Waals surface area contributed by atoms with Gasteiger partial charge in [-0.15, -0.1) is 0 Å². The van der Waals surface area contributed by atoms with Gasteiger partial charge in [0, 0.05) is 18.1 Å². The van der Waals surface area contributed by atoms with Crippen molar-refractivity contribution in [2.24, 2.45) is 0 Å². The summed E-state index contributed by atoms with van der Waals surface area (Å²) in [4.78, 5) is 19.7. The lowest BCUT2D eigenvalue weighted by Crippen LogP contribution is -2.23. The first kappa shape index (κ1) is 14.5. The number of amides is 1. The summed E-state index contributed by atoms with van der Waals surface area (Å²) < 4.78 is 5.39. The fraction of sp³-hybridized carbons (Fsp3) is 0.188. The highest BCUT2D eigenvalue weighted by atomic mass is 16.5. The number of nitrogens with zero attached hydrogens (tertiary/aromatic N) is 2. The van der Waals surface area contributed by atoms with Crippen LogP contribution >= 0.6 is 0 Å². The molecule has 1 amide bonds. The molecule has 0 bridgehead atoms. The number of rotatable bonds is 4. The summed E-state index contributed by atoms with van der Waals surface area (Å²) >= 11 is 0. The van der Waals surface area contributed by atoms with Crippen molar-refractivity contribution in [1.29, 1.82) is 0 Å². The van der Waals surface area contributed by atoms with Gasteiger partial charge in [-0.05, 0) is 31.2 Å². The summed E-state index contributed by atoms with van der Waals surface area (Å²) in [5.41, 5.74) is 1.45. The molecule has 0 spiro atoms. The average molecular weight is 281 g/mol. The molecule has 1 N–H and O–H groups in total. The zero-order valence-corrected chi connectivity index (χ0v) is 11.7. The van der Waals surface area contributed by atoms with Crippen LogP contribution in [-0.2, 0) is 0 Å². The van der Waals surface area contributed by atoms with Crippen LogP contribution in [0, 0.1) is 18.8 Å². The fourth-order valence-electron chi connectivity index (χ4n) is 1.50. The van der Waals surface area contributed by atoms with Crippen molar-refractivity contribution in [2.75, 3.05) is 13.2 Å². The van der Waals surface area contributed by atoms with Crippen molar-refractivity contribution >= 4 is 5.91 Å². The molecule has 5 nitrogen and oxygen atoms in total. The second-order valence-electron chi connectivity index (χ2n) is 4.20. The zero-order valence-electron chi connectivity index (χ0n) is 11.7. The molecule has 0 radical (unpaired) electrons. The zero-order chi connectivity index (χ0) is 14.9. The van der Waals surface area contributed by atoms with Crippen molar-refractivity contribution in [3.05, 3.63) is 54.1 Å². The molecule has 0 unspecified atom stereocenters. The molecule has 0 aliphatic rings. The van der Waals surface area contributed by atoms with E-state index >= 15 is 0 Å². The van der Waals surface area contributed by atoms with Crippen LogP contribution in [0.15, 0.2) is 42.9 Å². The van der Waals surface area contributed by atoms with E-state index in [-0.39, 0.29) is 19.1 Å². The van der Waals surface area contributed by atoms with Crippen LogP contribution in [0.25, 0.3) is 0 Å². The van der Waals surface area contributed by atoms with Crippen molar-refractivity contribution in [2.45, 2.75) is 6.92 Å². The number of aryl methyl sites for hydroxylation is 1. The van der Waals surface area contributed by atoms with Crippen molar-refractivity contribution in [3.63, 3.8) is 0 Å². The Hall–Kier alpha value is -2.87. The maximum atomic E-state index is 11.7. The second-order valence-corrected chi connectivity index (χ2v) is 4.20. The maximum absolute atomic E-state index is 11.7. The summed E-state index contributed by atoms with van der Waals surface area (Å²) in [7, 11) is 0. The number of ether oxygens (including phenoxy) is 1. The minimum atomic E-state index is -0.193. The van der Waals surface area contributed by atoms with Gasteiger partial charge in [0.15, 0.2) is 0 Å². The molecule has 0 fully saturated rings. The van der Waals surface area contributed by atoms with E-state index in [0.717, 1.165) is 5.69 Å². The predicted octanol–water partition coefficient (Wildman–Crippen LogP) is 1.60. The number of aromatic nitrogens is 2. The molecular formula is C16H15N3O2. The third-order valence-electron chi connectivity index (χ3n) is 2.58. The van der Waals surface area contributed by atoms with E-state index in [9.17, 15) is 4.79 Å². The number of nitrogens with one attached hydrogen (secondary N) is 1. The lowest BCUT2D eigenvalue weighted by molar-refractivity contribution is 0.0958. The largest absolute Gasteiger partial charge is 0.479 e. The van der Waals surface area contributed by atoms with Crippen LogP contribution in [-0.4, -0.2) is 29.0 Å². The topological polar surface area (TPSA) is 64.1 Å². The Bertz CT molecular complexity index is 643. The summed E-state index contributed by atoms with van der Waals surface area (Å²) in [6.45, 7) is 2.44. The highest BCUT2D eigenvalue weighted by Gasteiger charge is 2.01. The summed E-state index contributed by atoms with van der Waals surface area (Å²) in [6.07, 6.45) is 4.78. The molecule has 2 rings (SSSR count). The number of carbonyl (C=O) groups excluding carboxylic acids is 1. The third-order valence-corrected chi connectivity index (χ3v) is 2.58. The summed E-state index contributed by atoms with van der Waals surface area (Å²) in [5, 5.41) is 2.68. The van der Waals surface area contributed by atoms with E-state index in [1.165, 1.54) is 6.20 Å². The number of pyridine rings is 2. The Balaban J connectivity index is 1.70. The SMILES string of the molecule is Cc1ccc(OCC#CCNC(=O)c2cccnc2)cn1. The first-order valence-electron chi connectivity index (χ1n) is 6.45. The van der Waals surface area contributed by atoms with E-state index in [0.29, 0.717) is 11.3 Å². The number of hydrogen-bond donors (Lipinski definition) is 1. The van der Waals surface area contributed by atoms with Crippen molar-refractivity contribution in [1.82, 2.24) is 15.3 Å². The van der Waals surface area contributed by atoms with Gasteiger partial charge in [-0.1, -0.05) is 11.8 Å². The normalized spacial score (nSPS) is 9.38. The molecule has 2 aromatic rings. The van der Waals surface area contributed by atoms with Crippen LogP contribution in [0.5, 0.6) is 5.75 Å². The molecule has 5 heteroatoms. The molecule has 0 aliphatic carbocycles. The smallest absolute Gasteiger partial charge is 0.253 e. The van der Waals surface area contributed by atoms with Gasteiger partial charge in [0.1, 0.15) is 12.4 Å². The van der Waals surface area contributed by atoms with Gasteiger partial charge in [-0.3, -0.25) is 14.8 Å². The Morgan fingerprint density at radius 3 is 2.90 bits per heavy atom. The molecule has 21 heavy (non-hydrogen) atoms. The molecule has 0 aromatic carbocycles. The number of hydrogen-bond acceptors (Lipinski definition) is 4. The first-order valence-corrected chi connectivity index (χ1v) is 6.45. The lowest BCUT2D eigenvalue weighted by Gasteiger charge is -2.01. The molecule has 0 saturated carbocycles. The average Bonchev–Trinajstić information content (AvgIpc) is 2.53. The monoisotopic (exact) mass is 281 g/mol. The van der Waals surface area contributed by atoms with Crippen molar-refractivity contribution in [3.8, 4) is 17.6 Å². The van der Waals surface area contributed by atoms with Gasteiger partial charge < -0.3 is 10.1 Å². The predicted molar refractivity (Wildman–Crippen MR) is 78.8 cm³/mol. The second kappa shape index (κ2) is 7.65. The Morgan fingerprint density at radius 2 is 2.19 bits per heavy atom. The quantitative estimate of drug-likeness (QED) is 0.865. The highest BCUT2D eigenvalue weighted by Crippen LogP contribution is 2.07. The van der Waals surface area contributed by atoms with Crippen LogP contribution in [0.2, 0.25) is 0 Å². The van der Waals surface area contributed by atoms with E-state index in [2.05, 4.69) is 27.1 Å². The van der Waals surface area contributed by atoms with Gasteiger partial charge in [-0.2, -0.15) is 0 Å². The lowest BCUT2D eigenvalue weighted by atomic mass is 10.3. The number of carbonyl (C=O) groups is 1. The van der Waals surface area contributed by atoms with Gasteiger partial charge >= 0.3 is 0 Å². The third kappa shape index (κ3) is 4.96. The molecule has 2 heterocycles. The Labute approximate surface area is 123 Å². The minimum Gasteiger partial charge on any atom is -0.479 e.